The van der Waals surface area contributed by atoms with Crippen molar-refractivity contribution >= 4 is 16.9 Å². The number of fused-ring (bicyclic) bond motifs is 1. The van der Waals surface area contributed by atoms with Crippen molar-refractivity contribution in [2.24, 2.45) is 0 Å². The number of hydrogen-bond acceptors (Lipinski definition) is 4. The van der Waals surface area contributed by atoms with E-state index in [1.165, 1.54) is 10.9 Å². The van der Waals surface area contributed by atoms with E-state index in [0.29, 0.717) is 35.8 Å². The predicted molar refractivity (Wildman–Crippen MR) is 113 cm³/mol. The number of nitrogens with zero attached hydrogens (tertiary/aromatic N) is 4. The summed E-state index contributed by atoms with van der Waals surface area (Å²) in [6.07, 6.45) is 7.27. The van der Waals surface area contributed by atoms with Gasteiger partial charge >= 0.3 is 0 Å². The van der Waals surface area contributed by atoms with Crippen LogP contribution in [0.3, 0.4) is 0 Å². The fraction of sp³-hybridized carbons (Fsp3) is 0.217. The molecule has 1 saturated heterocycles. The van der Waals surface area contributed by atoms with Crippen LogP contribution in [0.4, 0.5) is 0 Å². The maximum atomic E-state index is 13.2. The Kier molecular flexibility index (Phi) is 4.52. The molecule has 5 rings (SSSR count). The van der Waals surface area contributed by atoms with Crippen LogP contribution in [0.2, 0.25) is 0 Å². The number of pyridine rings is 1. The van der Waals surface area contributed by atoms with E-state index in [9.17, 15) is 4.79 Å². The molecule has 0 bridgehead atoms. The molecule has 7 nitrogen and oxygen atoms in total. The van der Waals surface area contributed by atoms with E-state index >= 15 is 0 Å². The number of nitriles is 1. The number of aromatic nitrogens is 4. The number of amides is 1. The summed E-state index contributed by atoms with van der Waals surface area (Å²) in [5, 5.41) is 17.2. The number of hydrogen-bond donors (Lipinski definition) is 2. The lowest BCUT2D eigenvalue weighted by molar-refractivity contribution is 0.0714. The molecule has 4 heterocycles. The van der Waals surface area contributed by atoms with Gasteiger partial charge in [-0.3, -0.25) is 9.89 Å². The minimum absolute atomic E-state index is 0.0119. The van der Waals surface area contributed by atoms with Gasteiger partial charge in [0.2, 0.25) is 0 Å². The molecule has 3 aromatic heterocycles. The van der Waals surface area contributed by atoms with Crippen molar-refractivity contribution < 1.29 is 4.79 Å². The first-order chi connectivity index (χ1) is 14.7. The van der Waals surface area contributed by atoms with E-state index in [1.807, 2.05) is 23.1 Å². The Labute approximate surface area is 173 Å². The van der Waals surface area contributed by atoms with E-state index in [2.05, 4.69) is 38.5 Å². The smallest absolute Gasteiger partial charge is 0.257 e. The molecule has 0 radical (unpaired) electrons. The lowest BCUT2D eigenvalue weighted by Gasteiger charge is -2.32. The molecule has 0 saturated carbocycles. The van der Waals surface area contributed by atoms with Crippen LogP contribution in [-0.2, 0) is 0 Å². The minimum Gasteiger partial charge on any atom is -0.346 e. The van der Waals surface area contributed by atoms with Gasteiger partial charge in [0.05, 0.1) is 29.1 Å². The summed E-state index contributed by atoms with van der Waals surface area (Å²) in [5.74, 6) is 0.400. The van der Waals surface area contributed by atoms with Crippen LogP contribution in [0, 0.1) is 11.3 Å². The summed E-state index contributed by atoms with van der Waals surface area (Å²) in [4.78, 5) is 22.7. The molecule has 1 fully saturated rings. The number of piperidine rings is 1. The number of carbonyl (C=O) groups excluding carboxylic acids is 1. The topological polar surface area (TPSA) is 101 Å². The SMILES string of the molecule is N#Cc1ccc(-c2[nH]ncc2C(=O)N2CCC(c3c[nH]c4ncccc34)CC2)cc1. The normalized spacial score (nSPS) is 14.7. The Hall–Kier alpha value is -3.92. The summed E-state index contributed by atoms with van der Waals surface area (Å²) in [7, 11) is 0. The van der Waals surface area contributed by atoms with Gasteiger partial charge < -0.3 is 9.88 Å². The zero-order valence-corrected chi connectivity index (χ0v) is 16.3. The van der Waals surface area contributed by atoms with Crippen LogP contribution in [0.25, 0.3) is 22.3 Å². The lowest BCUT2D eigenvalue weighted by atomic mass is 9.89. The molecule has 4 aromatic rings. The molecular formula is C23H20N6O. The zero-order valence-electron chi connectivity index (χ0n) is 16.3. The van der Waals surface area contributed by atoms with E-state index in [0.717, 1.165) is 24.1 Å². The van der Waals surface area contributed by atoms with Gasteiger partial charge in [-0.2, -0.15) is 10.4 Å². The van der Waals surface area contributed by atoms with Crippen molar-refractivity contribution in [1.29, 1.82) is 5.26 Å². The Morgan fingerprint density at radius 1 is 1.17 bits per heavy atom. The first kappa shape index (κ1) is 18.1. The molecule has 0 spiro atoms. The first-order valence-electron chi connectivity index (χ1n) is 10.00. The third-order valence-corrected chi connectivity index (χ3v) is 5.88. The highest BCUT2D eigenvalue weighted by Crippen LogP contribution is 2.33. The number of nitrogens with one attached hydrogen (secondary N) is 2. The highest BCUT2D eigenvalue weighted by Gasteiger charge is 2.28. The van der Waals surface area contributed by atoms with Crippen LogP contribution in [0.5, 0.6) is 0 Å². The van der Waals surface area contributed by atoms with Crippen molar-refractivity contribution in [2.45, 2.75) is 18.8 Å². The van der Waals surface area contributed by atoms with Crippen molar-refractivity contribution in [3.8, 4) is 17.3 Å². The molecule has 0 atom stereocenters. The Balaban J connectivity index is 1.32. The maximum absolute atomic E-state index is 13.2. The number of carbonyl (C=O) groups is 1. The van der Waals surface area contributed by atoms with Crippen LogP contribution in [0.1, 0.15) is 40.2 Å². The third-order valence-electron chi connectivity index (χ3n) is 5.88. The number of rotatable bonds is 3. The lowest BCUT2D eigenvalue weighted by Crippen LogP contribution is -2.38. The van der Waals surface area contributed by atoms with Crippen LogP contribution in [0.15, 0.2) is 55.0 Å². The zero-order chi connectivity index (χ0) is 20.5. The average Bonchev–Trinajstić information content (AvgIpc) is 3.46. The van der Waals surface area contributed by atoms with Gasteiger partial charge in [-0.05, 0) is 48.6 Å². The molecular weight excluding hydrogens is 376 g/mol. The Bertz CT molecular complexity index is 1240. The van der Waals surface area contributed by atoms with Gasteiger partial charge in [-0.15, -0.1) is 0 Å². The second-order valence-corrected chi connectivity index (χ2v) is 7.56. The van der Waals surface area contributed by atoms with E-state index < -0.39 is 0 Å². The second kappa shape index (κ2) is 7.48. The monoisotopic (exact) mass is 396 g/mol. The fourth-order valence-corrected chi connectivity index (χ4v) is 4.26. The Morgan fingerprint density at radius 2 is 1.97 bits per heavy atom. The quantitative estimate of drug-likeness (QED) is 0.549. The number of aromatic amines is 2. The highest BCUT2D eigenvalue weighted by molar-refractivity contribution is 5.99. The number of H-pyrrole nitrogens is 2. The highest BCUT2D eigenvalue weighted by atomic mass is 16.2. The van der Waals surface area contributed by atoms with Gasteiger partial charge in [0.25, 0.3) is 5.91 Å². The molecule has 1 aromatic carbocycles. The molecule has 1 amide bonds. The fourth-order valence-electron chi connectivity index (χ4n) is 4.26. The summed E-state index contributed by atoms with van der Waals surface area (Å²) < 4.78 is 0. The van der Waals surface area contributed by atoms with Crippen molar-refractivity contribution in [3.05, 3.63) is 71.7 Å². The van der Waals surface area contributed by atoms with Gasteiger partial charge in [-0.1, -0.05) is 12.1 Å². The summed E-state index contributed by atoms with van der Waals surface area (Å²) in [5.41, 5.74) is 4.88. The third kappa shape index (κ3) is 3.12. The van der Waals surface area contributed by atoms with E-state index in [1.54, 1.807) is 24.5 Å². The van der Waals surface area contributed by atoms with Crippen molar-refractivity contribution in [2.75, 3.05) is 13.1 Å². The van der Waals surface area contributed by atoms with Crippen molar-refractivity contribution in [3.63, 3.8) is 0 Å². The molecule has 148 valence electrons. The van der Waals surface area contributed by atoms with Crippen LogP contribution in [-0.4, -0.2) is 44.1 Å². The van der Waals surface area contributed by atoms with Gasteiger partial charge in [-0.25, -0.2) is 4.98 Å². The first-order valence-corrected chi connectivity index (χ1v) is 10.00. The predicted octanol–water partition coefficient (Wildman–Crippen LogP) is 3.84. The van der Waals surface area contributed by atoms with Gasteiger partial charge in [0, 0.05) is 36.4 Å². The molecule has 7 heteroatoms. The van der Waals surface area contributed by atoms with Gasteiger partial charge in [0.1, 0.15) is 5.65 Å². The van der Waals surface area contributed by atoms with Crippen LogP contribution >= 0.6 is 0 Å². The Morgan fingerprint density at radius 3 is 2.73 bits per heavy atom. The van der Waals surface area contributed by atoms with Crippen molar-refractivity contribution in [1.82, 2.24) is 25.1 Å². The molecule has 1 aliphatic heterocycles. The molecule has 0 aliphatic carbocycles. The summed E-state index contributed by atoms with van der Waals surface area (Å²) in [6.45, 7) is 1.41. The molecule has 0 unspecified atom stereocenters. The van der Waals surface area contributed by atoms with Crippen LogP contribution < -0.4 is 0 Å². The average molecular weight is 396 g/mol. The summed E-state index contributed by atoms with van der Waals surface area (Å²) in [6, 6.07) is 13.3. The second-order valence-electron chi connectivity index (χ2n) is 7.56. The number of likely N-dealkylation sites (tertiary alicyclic amines) is 1. The number of benzene rings is 1. The molecule has 30 heavy (non-hydrogen) atoms. The maximum Gasteiger partial charge on any atom is 0.257 e. The van der Waals surface area contributed by atoms with E-state index in [4.69, 9.17) is 5.26 Å². The largest absolute Gasteiger partial charge is 0.346 e. The molecule has 1 aliphatic rings. The van der Waals surface area contributed by atoms with E-state index in [-0.39, 0.29) is 5.91 Å². The van der Waals surface area contributed by atoms with Gasteiger partial charge in [0.15, 0.2) is 0 Å². The minimum atomic E-state index is -0.0119. The molecule has 2 N–H and O–H groups in total. The standard InChI is InChI=1S/C23H20N6O/c24-12-15-3-5-17(6-4-15)21-20(14-27-28-21)23(30)29-10-7-16(8-11-29)19-13-26-22-18(19)2-1-9-25-22/h1-6,9,13-14,16H,7-8,10-11H2,(H,25,26)(H,27,28). The summed E-state index contributed by atoms with van der Waals surface area (Å²) >= 11 is 0.